The number of nitrogens with zero attached hydrogens (tertiary/aromatic N) is 7. The van der Waals surface area contributed by atoms with E-state index in [1.165, 1.54) is 59.3 Å². The summed E-state index contributed by atoms with van der Waals surface area (Å²) in [5, 5.41) is 18.4. The first-order chi connectivity index (χ1) is 20.4. The second-order valence-corrected chi connectivity index (χ2v) is 11.7. The largest absolute Gasteiger partial charge is 0.496 e. The van der Waals surface area contributed by atoms with E-state index in [0.717, 1.165) is 11.3 Å². The average Bonchev–Trinajstić information content (AvgIpc) is 3.64. The van der Waals surface area contributed by atoms with Crippen molar-refractivity contribution in [2.24, 2.45) is 0 Å². The molecule has 0 saturated heterocycles. The molecule has 3 heterocycles. The molecule has 4 rings (SSSR count). The van der Waals surface area contributed by atoms with E-state index in [0.29, 0.717) is 26.9 Å². The Kier molecular flexibility index (Phi) is 9.29. The molecule has 12 nitrogen and oxygen atoms in total. The summed E-state index contributed by atoms with van der Waals surface area (Å²) in [5.74, 6) is -1.13. The summed E-state index contributed by atoms with van der Waals surface area (Å²) in [6.07, 6.45) is 2.11. The van der Waals surface area contributed by atoms with Crippen molar-refractivity contribution in [2.75, 3.05) is 39.3 Å². The maximum Gasteiger partial charge on any atom is 0.432 e. The topological polar surface area (TPSA) is 131 Å². The summed E-state index contributed by atoms with van der Waals surface area (Å²) >= 11 is 1.15. The van der Waals surface area contributed by atoms with Crippen molar-refractivity contribution in [3.63, 3.8) is 0 Å². The van der Waals surface area contributed by atoms with Gasteiger partial charge in [-0.05, 0) is 45.9 Å². The molecule has 14 heteroatoms. The lowest BCUT2D eigenvalue weighted by atomic mass is 10.0. The van der Waals surface area contributed by atoms with E-state index < -0.39 is 34.4 Å². The molecular formula is C29H35FN7O5S+. The fourth-order valence-electron chi connectivity index (χ4n) is 4.98. The molecule has 1 aromatic carbocycles. The molecule has 3 aromatic rings. The number of hydrogen-bond donors (Lipinski definition) is 0. The number of imide groups is 1. The number of rotatable bonds is 11. The van der Waals surface area contributed by atoms with Crippen LogP contribution in [-0.2, 0) is 9.53 Å². The number of hydrogen-bond acceptors (Lipinski definition) is 9. The van der Waals surface area contributed by atoms with Crippen molar-refractivity contribution >= 4 is 34.2 Å². The van der Waals surface area contributed by atoms with Gasteiger partial charge >= 0.3 is 11.9 Å². The van der Waals surface area contributed by atoms with E-state index in [1.807, 2.05) is 19.9 Å². The molecule has 1 unspecified atom stereocenters. The highest BCUT2D eigenvalue weighted by molar-refractivity contribution is 7.19. The van der Waals surface area contributed by atoms with Crippen LogP contribution in [-0.4, -0.2) is 88.7 Å². The third-order valence-electron chi connectivity index (χ3n) is 7.89. The Morgan fingerprint density at radius 2 is 1.88 bits per heavy atom. The highest BCUT2D eigenvalue weighted by atomic mass is 32.1. The molecule has 0 radical (unpaired) electrons. The van der Waals surface area contributed by atoms with Gasteiger partial charge in [-0.3, -0.25) is 4.79 Å². The van der Waals surface area contributed by atoms with Gasteiger partial charge in [0.15, 0.2) is 6.04 Å². The summed E-state index contributed by atoms with van der Waals surface area (Å²) < 4.78 is 25.2. The zero-order valence-corrected chi connectivity index (χ0v) is 26.0. The summed E-state index contributed by atoms with van der Waals surface area (Å²) in [5.41, 5.74) is 1.13. The standard InChI is InChI=1S/C29H35FN7O5S/c1-17(2)34(5)25(38)19(4)37(6)28(39)24-18(3)26(36-32-12-13-33-36)43-27(24)35(29(37)40)16-23(42-14-8-11-31)21-15-20(30)9-10-22(21)41-7/h9-10,12-13,15,17,19,23H,8,14,16H2,1-7H3/q+1/t19-,23-,37?/m0/s1. The molecule has 0 aliphatic carbocycles. The number of halogens is 1. The number of nitriles is 1. The second-order valence-electron chi connectivity index (χ2n) is 10.7. The van der Waals surface area contributed by atoms with Crippen LogP contribution in [0.3, 0.4) is 0 Å². The number of quaternary nitrogens is 1. The number of carbonyl (C=O) groups is 3. The minimum Gasteiger partial charge on any atom is -0.496 e. The van der Waals surface area contributed by atoms with Gasteiger partial charge in [0.2, 0.25) is 0 Å². The molecule has 0 saturated carbocycles. The van der Waals surface area contributed by atoms with Crippen LogP contribution in [0.2, 0.25) is 0 Å². The van der Waals surface area contributed by atoms with Crippen molar-refractivity contribution in [3.05, 3.63) is 53.1 Å². The minimum atomic E-state index is -1.07. The molecule has 0 fully saturated rings. The lowest BCUT2D eigenvalue weighted by Crippen LogP contribution is -2.69. The molecule has 1 aliphatic heterocycles. The summed E-state index contributed by atoms with van der Waals surface area (Å²) in [6.45, 7) is 6.83. The first-order valence-corrected chi connectivity index (χ1v) is 14.5. The zero-order chi connectivity index (χ0) is 31.6. The zero-order valence-electron chi connectivity index (χ0n) is 25.2. The predicted molar refractivity (Wildman–Crippen MR) is 156 cm³/mol. The van der Waals surface area contributed by atoms with Crippen LogP contribution in [0, 0.1) is 24.1 Å². The Hall–Kier alpha value is -4.19. The average molecular weight is 613 g/mol. The SMILES string of the molecule is COc1ccc(F)cc1[C@H](CN1C(=O)[N+](C)([C@@H](C)C(=O)N(C)C(C)C)C(=O)c2c1sc(-n1nccn1)c2C)OCCC#N. The van der Waals surface area contributed by atoms with Gasteiger partial charge < -0.3 is 14.4 Å². The molecule has 4 amide bonds. The van der Waals surface area contributed by atoms with Gasteiger partial charge in [-0.2, -0.15) is 19.9 Å². The minimum absolute atomic E-state index is 0.000769. The van der Waals surface area contributed by atoms with Gasteiger partial charge in [0.1, 0.15) is 33.2 Å². The third kappa shape index (κ3) is 5.63. The van der Waals surface area contributed by atoms with E-state index in [4.69, 9.17) is 14.7 Å². The number of urea groups is 1. The van der Waals surface area contributed by atoms with Gasteiger partial charge in [0.05, 0.1) is 52.2 Å². The van der Waals surface area contributed by atoms with Crippen molar-refractivity contribution in [1.82, 2.24) is 19.9 Å². The Morgan fingerprint density at radius 1 is 1.21 bits per heavy atom. The Bertz CT molecular complexity index is 1570. The monoisotopic (exact) mass is 612 g/mol. The highest BCUT2D eigenvalue weighted by Crippen LogP contribution is 2.45. The van der Waals surface area contributed by atoms with Crippen molar-refractivity contribution in [2.45, 2.75) is 52.3 Å². The molecule has 3 atom stereocenters. The molecule has 43 heavy (non-hydrogen) atoms. The number of methoxy groups -OCH3 is 1. The first kappa shape index (κ1) is 31.7. The van der Waals surface area contributed by atoms with E-state index in [2.05, 4.69) is 10.2 Å². The van der Waals surface area contributed by atoms with Crippen LogP contribution in [0.25, 0.3) is 5.00 Å². The molecule has 1 aliphatic rings. The lowest BCUT2D eigenvalue weighted by molar-refractivity contribution is -0.761. The quantitative estimate of drug-likeness (QED) is 0.232. The number of aromatic nitrogens is 3. The number of amides is 4. The Labute approximate surface area is 253 Å². The highest BCUT2D eigenvalue weighted by Gasteiger charge is 2.58. The van der Waals surface area contributed by atoms with Gasteiger partial charge in [0.25, 0.3) is 5.91 Å². The molecule has 228 valence electrons. The summed E-state index contributed by atoms with van der Waals surface area (Å²) in [7, 11) is 4.50. The van der Waals surface area contributed by atoms with Crippen molar-refractivity contribution in [1.29, 1.82) is 5.26 Å². The van der Waals surface area contributed by atoms with Crippen LogP contribution in [0.4, 0.5) is 14.2 Å². The second kappa shape index (κ2) is 12.6. The van der Waals surface area contributed by atoms with Crippen molar-refractivity contribution < 1.29 is 32.7 Å². The van der Waals surface area contributed by atoms with Crippen LogP contribution in [0.15, 0.2) is 30.6 Å². The Morgan fingerprint density at radius 3 is 2.49 bits per heavy atom. The maximum atomic E-state index is 14.5. The summed E-state index contributed by atoms with van der Waals surface area (Å²) in [6, 6.07) is 4.09. The molecular weight excluding hydrogens is 577 g/mol. The molecule has 0 N–H and O–H groups in total. The number of benzene rings is 1. The molecule has 0 bridgehead atoms. The van der Waals surface area contributed by atoms with E-state index in [1.54, 1.807) is 20.9 Å². The van der Waals surface area contributed by atoms with Crippen LogP contribution < -0.4 is 9.64 Å². The fourth-order valence-corrected chi connectivity index (χ4v) is 6.20. The van der Waals surface area contributed by atoms with Crippen LogP contribution in [0.5, 0.6) is 5.75 Å². The van der Waals surface area contributed by atoms with Crippen LogP contribution in [0.1, 0.15) is 54.8 Å². The van der Waals surface area contributed by atoms with Gasteiger partial charge in [-0.15, -0.1) is 4.80 Å². The smallest absolute Gasteiger partial charge is 0.432 e. The van der Waals surface area contributed by atoms with Gasteiger partial charge in [-0.25, -0.2) is 18.9 Å². The lowest BCUT2D eigenvalue weighted by Gasteiger charge is -2.42. The maximum absolute atomic E-state index is 14.5. The number of likely N-dealkylation sites (N-methyl/N-ethyl adjacent to an activating group) is 2. The summed E-state index contributed by atoms with van der Waals surface area (Å²) in [4.78, 5) is 46.7. The van der Waals surface area contributed by atoms with Crippen LogP contribution >= 0.6 is 11.3 Å². The number of thiophene rings is 1. The van der Waals surface area contributed by atoms with E-state index in [9.17, 15) is 18.8 Å². The number of fused-ring (bicyclic) bond motifs is 1. The normalized spacial score (nSPS) is 17.9. The fraction of sp³-hybridized carbons (Fsp3) is 0.448. The third-order valence-corrected chi connectivity index (χ3v) is 9.17. The van der Waals surface area contributed by atoms with E-state index >= 15 is 0 Å². The number of carbonyl (C=O) groups excluding carboxylic acids is 3. The number of anilines is 1. The number of ether oxygens (including phenoxy) is 2. The first-order valence-electron chi connectivity index (χ1n) is 13.7. The molecule has 0 spiro atoms. The van der Waals surface area contributed by atoms with Gasteiger partial charge in [-0.1, -0.05) is 11.3 Å². The van der Waals surface area contributed by atoms with Gasteiger partial charge in [0, 0.05) is 24.2 Å². The van der Waals surface area contributed by atoms with E-state index in [-0.39, 0.29) is 37.1 Å². The molecule has 2 aromatic heterocycles. The van der Waals surface area contributed by atoms with Crippen molar-refractivity contribution in [3.8, 4) is 16.8 Å². The predicted octanol–water partition coefficient (Wildman–Crippen LogP) is 4.24. The Balaban J connectivity index is 1.90.